The Balaban J connectivity index is 2.08. The second-order valence-electron chi connectivity index (χ2n) is 3.73. The Morgan fingerprint density at radius 2 is 2.32 bits per heavy atom. The fourth-order valence-corrected chi connectivity index (χ4v) is 1.94. The Kier molecular flexibility index (Phi) is 2.96. The molecule has 0 aliphatic carbocycles. The van der Waals surface area contributed by atoms with E-state index >= 15 is 0 Å². The van der Waals surface area contributed by atoms with Gasteiger partial charge in [0.05, 0.1) is 10.9 Å². The first-order chi connectivity index (χ1) is 9.24. The Morgan fingerprint density at radius 1 is 1.42 bits per heavy atom. The largest absolute Gasteiger partial charge is 0.463 e. The minimum atomic E-state index is -0.142. The minimum Gasteiger partial charge on any atom is -0.463 e. The van der Waals surface area contributed by atoms with E-state index in [0.29, 0.717) is 22.5 Å². The molecule has 0 unspecified atom stereocenters. The predicted octanol–water partition coefficient (Wildman–Crippen LogP) is 2.42. The average molecular weight is 319 g/mol. The van der Waals surface area contributed by atoms with E-state index in [1.54, 1.807) is 18.2 Å². The van der Waals surface area contributed by atoms with Crippen molar-refractivity contribution in [1.82, 2.24) is 15.2 Å². The van der Waals surface area contributed by atoms with E-state index in [0.717, 1.165) is 4.47 Å². The molecule has 2 heterocycles. The molecule has 0 aliphatic rings. The summed E-state index contributed by atoms with van der Waals surface area (Å²) in [6, 6.07) is 5.24. The number of rotatable bonds is 2. The lowest BCUT2D eigenvalue weighted by Crippen LogP contribution is -2.07. The smallest absolute Gasteiger partial charge is 0.245 e. The number of nitrogens with zero attached hydrogens (tertiary/aromatic N) is 3. The summed E-state index contributed by atoms with van der Waals surface area (Å²) in [5.41, 5.74) is 0.736. The zero-order chi connectivity index (χ0) is 13.2. The van der Waals surface area contributed by atoms with Crippen molar-refractivity contribution >= 4 is 39.1 Å². The third-order valence-corrected chi connectivity index (χ3v) is 2.98. The van der Waals surface area contributed by atoms with E-state index in [9.17, 15) is 4.79 Å². The van der Waals surface area contributed by atoms with Gasteiger partial charge in [-0.25, -0.2) is 10.1 Å². The van der Waals surface area contributed by atoms with Crippen molar-refractivity contribution in [3.63, 3.8) is 0 Å². The molecule has 7 heteroatoms. The normalized spacial score (nSPS) is 11.4. The lowest BCUT2D eigenvalue weighted by Gasteiger charge is -1.98. The van der Waals surface area contributed by atoms with E-state index < -0.39 is 0 Å². The van der Waals surface area contributed by atoms with Crippen molar-refractivity contribution in [2.45, 2.75) is 0 Å². The summed E-state index contributed by atoms with van der Waals surface area (Å²) in [5, 5.41) is 6.74. The third kappa shape index (κ3) is 2.32. The van der Waals surface area contributed by atoms with Gasteiger partial charge in [0.15, 0.2) is 0 Å². The Labute approximate surface area is 115 Å². The van der Waals surface area contributed by atoms with Gasteiger partial charge in [-0.15, -0.1) is 0 Å². The number of fused-ring (bicyclic) bond motifs is 1. The maximum atomic E-state index is 12.2. The van der Waals surface area contributed by atoms with Gasteiger partial charge < -0.3 is 4.42 Å². The molecule has 0 saturated heterocycles. The molecule has 0 saturated carbocycles. The highest BCUT2D eigenvalue weighted by Gasteiger charge is 2.05. The molecule has 0 atom stereocenters. The predicted molar refractivity (Wildman–Crippen MR) is 73.8 cm³/mol. The van der Waals surface area contributed by atoms with Gasteiger partial charge in [0.25, 0.3) is 0 Å². The van der Waals surface area contributed by atoms with Gasteiger partial charge in [-0.3, -0.25) is 4.79 Å². The number of hydrogen-bond donors (Lipinski definition) is 1. The number of nitrogens with one attached hydrogen (secondary N) is 1. The highest BCUT2D eigenvalue weighted by molar-refractivity contribution is 9.10. The molecule has 3 rings (SSSR count). The minimum absolute atomic E-state index is 0.142. The summed E-state index contributed by atoms with van der Waals surface area (Å²) in [6.07, 6.45) is 4.11. The molecule has 0 amide bonds. The van der Waals surface area contributed by atoms with Crippen molar-refractivity contribution in [3.05, 3.63) is 51.0 Å². The summed E-state index contributed by atoms with van der Waals surface area (Å²) >= 11 is 3.32. The van der Waals surface area contributed by atoms with Gasteiger partial charge in [-0.2, -0.15) is 10.1 Å². The molecule has 19 heavy (non-hydrogen) atoms. The Morgan fingerprint density at radius 3 is 3.11 bits per heavy atom. The molecule has 0 bridgehead atoms. The summed E-state index contributed by atoms with van der Waals surface area (Å²) in [4.78, 5) is 20.0. The van der Waals surface area contributed by atoms with Gasteiger partial charge in [0, 0.05) is 10.7 Å². The summed E-state index contributed by atoms with van der Waals surface area (Å²) in [6.45, 7) is 0. The molecule has 0 fully saturated rings. The lowest BCUT2D eigenvalue weighted by molar-refractivity contribution is 0.601. The molecular weight excluding hydrogens is 312 g/mol. The maximum absolute atomic E-state index is 12.2. The van der Waals surface area contributed by atoms with Crippen LogP contribution in [-0.4, -0.2) is 21.4 Å². The summed E-state index contributed by atoms with van der Waals surface area (Å²) in [5.74, 6) is 0.329. The lowest BCUT2D eigenvalue weighted by atomic mass is 10.2. The topological polar surface area (TPSA) is 84.1 Å². The first-order valence-electron chi connectivity index (χ1n) is 5.34. The van der Waals surface area contributed by atoms with Crippen molar-refractivity contribution in [3.8, 4) is 0 Å². The number of aliphatic imine (C=N–C) groups is 1. The van der Waals surface area contributed by atoms with Crippen LogP contribution in [0.3, 0.4) is 0 Å². The maximum Gasteiger partial charge on any atom is 0.245 e. The molecule has 3 aromatic rings. The van der Waals surface area contributed by atoms with E-state index in [-0.39, 0.29) is 5.43 Å². The fraction of sp³-hybridized carbons (Fsp3) is 0. The SMILES string of the molecule is O=c1c(/C=N/c2ncn[nH]2)coc2cc(Br)ccc12. The van der Waals surface area contributed by atoms with Gasteiger partial charge in [0.1, 0.15) is 18.2 Å². The second-order valence-corrected chi connectivity index (χ2v) is 4.64. The van der Waals surface area contributed by atoms with Crippen LogP contribution >= 0.6 is 15.9 Å². The Hall–Kier alpha value is -2.28. The number of aromatic amines is 1. The van der Waals surface area contributed by atoms with Crippen molar-refractivity contribution in [1.29, 1.82) is 0 Å². The molecule has 1 N–H and O–H groups in total. The fourth-order valence-electron chi connectivity index (χ4n) is 1.60. The van der Waals surface area contributed by atoms with Crippen LogP contribution in [0.15, 0.2) is 49.5 Å². The van der Waals surface area contributed by atoms with Gasteiger partial charge in [-0.05, 0) is 18.2 Å². The van der Waals surface area contributed by atoms with Crippen LogP contribution in [0.25, 0.3) is 11.0 Å². The molecule has 6 nitrogen and oxygen atoms in total. The van der Waals surface area contributed by atoms with Crippen LogP contribution in [0.5, 0.6) is 0 Å². The first kappa shape index (κ1) is 11.8. The number of halogens is 1. The zero-order valence-corrected chi connectivity index (χ0v) is 11.1. The summed E-state index contributed by atoms with van der Waals surface area (Å²) < 4.78 is 6.26. The van der Waals surface area contributed by atoms with Crippen molar-refractivity contribution in [2.24, 2.45) is 4.99 Å². The second kappa shape index (κ2) is 4.77. The van der Waals surface area contributed by atoms with E-state index in [1.807, 2.05) is 0 Å². The van der Waals surface area contributed by atoms with Crippen LogP contribution in [0.2, 0.25) is 0 Å². The summed E-state index contributed by atoms with van der Waals surface area (Å²) in [7, 11) is 0. The number of aromatic nitrogens is 3. The number of H-pyrrole nitrogens is 1. The molecule has 0 spiro atoms. The molecular formula is C12H7BrN4O2. The van der Waals surface area contributed by atoms with E-state index in [4.69, 9.17) is 4.42 Å². The number of benzene rings is 1. The average Bonchev–Trinajstić information content (AvgIpc) is 2.91. The Bertz CT molecular complexity index is 808. The van der Waals surface area contributed by atoms with Crippen LogP contribution in [0.4, 0.5) is 5.95 Å². The molecule has 2 aromatic heterocycles. The number of hydrogen-bond acceptors (Lipinski definition) is 5. The molecule has 1 aromatic carbocycles. The standard InChI is InChI=1S/C12H7BrN4O2/c13-8-1-2-9-10(3-8)19-5-7(11(9)18)4-14-12-15-6-16-17-12/h1-6H,(H,15,16,17)/b14-4+. The zero-order valence-electron chi connectivity index (χ0n) is 9.50. The van der Waals surface area contributed by atoms with E-state index in [1.165, 1.54) is 18.8 Å². The van der Waals surface area contributed by atoms with Crippen molar-refractivity contribution in [2.75, 3.05) is 0 Å². The molecule has 0 aliphatic heterocycles. The molecule has 94 valence electrons. The molecule has 0 radical (unpaired) electrons. The van der Waals surface area contributed by atoms with Gasteiger partial charge in [0.2, 0.25) is 11.4 Å². The monoisotopic (exact) mass is 318 g/mol. The van der Waals surface area contributed by atoms with Gasteiger partial charge >= 0.3 is 0 Å². The van der Waals surface area contributed by atoms with Gasteiger partial charge in [-0.1, -0.05) is 15.9 Å². The quantitative estimate of drug-likeness (QED) is 0.735. The highest BCUT2D eigenvalue weighted by atomic mass is 79.9. The van der Waals surface area contributed by atoms with Crippen LogP contribution in [0.1, 0.15) is 5.56 Å². The third-order valence-electron chi connectivity index (χ3n) is 2.49. The van der Waals surface area contributed by atoms with Crippen LogP contribution in [0, 0.1) is 0 Å². The van der Waals surface area contributed by atoms with Crippen molar-refractivity contribution < 1.29 is 4.42 Å². The van der Waals surface area contributed by atoms with Crippen LogP contribution in [-0.2, 0) is 0 Å². The van der Waals surface area contributed by atoms with Crippen LogP contribution < -0.4 is 5.43 Å². The first-order valence-corrected chi connectivity index (χ1v) is 6.14. The van der Waals surface area contributed by atoms with E-state index in [2.05, 4.69) is 36.1 Å². The highest BCUT2D eigenvalue weighted by Crippen LogP contribution is 2.17.